The Morgan fingerprint density at radius 3 is 1.33 bits per heavy atom. The van der Waals surface area contributed by atoms with E-state index in [0.29, 0.717) is 32.5 Å². The molecule has 0 aliphatic rings. The zero-order valence-electron chi connectivity index (χ0n) is 27.7. The summed E-state index contributed by atoms with van der Waals surface area (Å²) in [6.07, 6.45) is 6.15. The summed E-state index contributed by atoms with van der Waals surface area (Å²) in [6.45, 7) is 18.9. The fraction of sp³-hybridized carbons (Fsp3) is 0.929. The van der Waals surface area contributed by atoms with Gasteiger partial charge in [0.1, 0.15) is 0 Å². The van der Waals surface area contributed by atoms with Gasteiger partial charge in [-0.15, -0.1) is 0 Å². The van der Waals surface area contributed by atoms with E-state index in [0.717, 1.165) is 71.0 Å². The van der Waals surface area contributed by atoms with E-state index in [1.54, 1.807) is 6.92 Å². The maximum absolute atomic E-state index is 11.9. The minimum Gasteiger partial charge on any atom is -0.466 e. The first-order valence-electron chi connectivity index (χ1n) is 15.2. The lowest BCUT2D eigenvalue weighted by atomic mass is 10.00. The van der Waals surface area contributed by atoms with Gasteiger partial charge in [0.05, 0.1) is 44.2 Å². The first kappa shape index (κ1) is 46.4. The number of hydrogen-bond donors (Lipinski definition) is 1. The molecule has 0 rings (SSSR count). The third-order valence-corrected chi connectivity index (χ3v) is 6.92. The normalized spacial score (nSPS) is 12.9. The van der Waals surface area contributed by atoms with Crippen molar-refractivity contribution in [2.75, 3.05) is 78.2 Å². The van der Waals surface area contributed by atoms with Gasteiger partial charge in [0.2, 0.25) is 9.05 Å². The zero-order valence-corrected chi connectivity index (χ0v) is 30.1. The molecule has 260 valence electrons. The highest BCUT2D eigenvalue weighted by Crippen LogP contribution is 2.15. The van der Waals surface area contributed by atoms with Crippen LogP contribution in [0.1, 0.15) is 80.1 Å². The van der Waals surface area contributed by atoms with E-state index in [2.05, 4.69) is 48.2 Å². The van der Waals surface area contributed by atoms with Gasteiger partial charge in [0.15, 0.2) is 0 Å². The topological polar surface area (TPSA) is 157 Å². The Morgan fingerprint density at radius 2 is 1.05 bits per heavy atom. The van der Waals surface area contributed by atoms with Crippen molar-refractivity contribution in [2.24, 2.45) is 11.8 Å². The number of nitrogens with zero attached hydrogens (tertiary/aromatic N) is 2. The minimum absolute atomic E-state index is 0.0214. The van der Waals surface area contributed by atoms with Gasteiger partial charge in [-0.3, -0.25) is 13.8 Å². The van der Waals surface area contributed by atoms with Crippen molar-refractivity contribution in [2.45, 2.75) is 80.1 Å². The molecule has 0 amide bonds. The van der Waals surface area contributed by atoms with Crippen molar-refractivity contribution in [3.05, 3.63) is 0 Å². The Morgan fingerprint density at radius 1 is 0.698 bits per heavy atom. The van der Waals surface area contributed by atoms with Crippen molar-refractivity contribution in [1.29, 1.82) is 0 Å². The number of rotatable bonds is 22. The van der Waals surface area contributed by atoms with Crippen molar-refractivity contribution in [3.8, 4) is 0 Å². The predicted molar refractivity (Wildman–Crippen MR) is 172 cm³/mol. The quantitative estimate of drug-likeness (QED) is 0.101. The summed E-state index contributed by atoms with van der Waals surface area (Å²) in [5, 5.41) is 8.94. The Labute approximate surface area is 266 Å². The maximum Gasteiger partial charge on any atom is 0.309 e. The number of aliphatic hydroxyl groups excluding tert-OH is 1. The molecule has 2 atom stereocenters. The van der Waals surface area contributed by atoms with Gasteiger partial charge < -0.3 is 24.4 Å². The Balaban J connectivity index is -0.000000652. The van der Waals surface area contributed by atoms with Gasteiger partial charge in [0, 0.05) is 17.3 Å². The van der Waals surface area contributed by atoms with Gasteiger partial charge >= 0.3 is 11.9 Å². The van der Waals surface area contributed by atoms with Gasteiger partial charge in [-0.2, -0.15) is 8.42 Å². The number of ether oxygens (including phenoxy) is 2. The monoisotopic (exact) mass is 682 g/mol. The molecular weight excluding hydrogens is 624 g/mol. The molecule has 0 saturated heterocycles. The smallest absolute Gasteiger partial charge is 0.309 e. The third-order valence-electron chi connectivity index (χ3n) is 6.32. The van der Waals surface area contributed by atoms with Crippen LogP contribution in [0.4, 0.5) is 0 Å². The molecule has 0 spiro atoms. The molecule has 0 bridgehead atoms. The van der Waals surface area contributed by atoms with E-state index >= 15 is 0 Å². The number of carbonyl (C=O) groups excluding carboxylic acids is 2. The molecule has 0 aliphatic carbocycles. The maximum atomic E-state index is 11.9. The molecule has 0 aromatic rings. The van der Waals surface area contributed by atoms with Crippen LogP contribution in [0, 0.1) is 11.8 Å². The summed E-state index contributed by atoms with van der Waals surface area (Å²) in [4.78, 5) is 28.1. The average Bonchev–Trinajstić information content (AvgIpc) is 2.91. The van der Waals surface area contributed by atoms with E-state index in [-0.39, 0.29) is 37.0 Å². The average molecular weight is 683 g/mol. The van der Waals surface area contributed by atoms with Crippen LogP contribution in [-0.2, 0) is 42.4 Å². The van der Waals surface area contributed by atoms with Crippen LogP contribution < -0.4 is 0 Å². The van der Waals surface area contributed by atoms with Crippen LogP contribution in [0.25, 0.3) is 0 Å². The molecule has 0 radical (unpaired) electrons. The lowest BCUT2D eigenvalue weighted by molar-refractivity contribution is -0.149. The molecule has 15 heteroatoms. The van der Waals surface area contributed by atoms with Crippen LogP contribution in [0.15, 0.2) is 0 Å². The molecular formula is C28H59ClN2O10S2. The molecule has 0 fully saturated rings. The number of esters is 2. The van der Waals surface area contributed by atoms with E-state index in [4.69, 9.17) is 18.8 Å². The molecule has 0 saturated carbocycles. The highest BCUT2D eigenvalue weighted by molar-refractivity contribution is 8.13. The summed E-state index contributed by atoms with van der Waals surface area (Å²) < 4.78 is 55.4. The zero-order chi connectivity index (χ0) is 33.9. The molecule has 0 aromatic heterocycles. The molecule has 0 heterocycles. The lowest BCUT2D eigenvalue weighted by Crippen LogP contribution is -2.26. The number of carbonyl (C=O) groups is 2. The molecule has 43 heavy (non-hydrogen) atoms. The fourth-order valence-corrected chi connectivity index (χ4v) is 4.38. The van der Waals surface area contributed by atoms with Crippen LogP contribution in [0.5, 0.6) is 0 Å². The van der Waals surface area contributed by atoms with Crippen molar-refractivity contribution in [3.63, 3.8) is 0 Å². The largest absolute Gasteiger partial charge is 0.466 e. The second kappa shape index (κ2) is 28.4. The van der Waals surface area contributed by atoms with Crippen LogP contribution >= 0.6 is 10.7 Å². The first-order chi connectivity index (χ1) is 20.0. The predicted octanol–water partition coefficient (Wildman–Crippen LogP) is 3.51. The molecule has 1 N–H and O–H groups in total. The molecule has 12 nitrogen and oxygen atoms in total. The van der Waals surface area contributed by atoms with E-state index in [9.17, 15) is 26.4 Å². The van der Waals surface area contributed by atoms with Crippen LogP contribution in [0.2, 0.25) is 0 Å². The van der Waals surface area contributed by atoms with Gasteiger partial charge in [0.25, 0.3) is 10.1 Å². The number of aliphatic hydroxyl groups is 1. The first-order valence-corrected chi connectivity index (χ1v) is 19.7. The van der Waals surface area contributed by atoms with Gasteiger partial charge in [-0.1, -0.05) is 27.7 Å². The summed E-state index contributed by atoms with van der Waals surface area (Å²) in [6, 6.07) is 0. The lowest BCUT2D eigenvalue weighted by Gasteiger charge is -2.20. The minimum atomic E-state index is -3.46. The SMILES string of the molecule is CCOC(=O)[C@@H](CCO)CCCN(CC)CC.CCOC(=O)[C@H](CCCN(CC)CC)CCOS(C)(=O)=O.CS(=O)(=O)Cl. The van der Waals surface area contributed by atoms with Crippen LogP contribution in [0.3, 0.4) is 0 Å². The van der Waals surface area contributed by atoms with Crippen LogP contribution in [-0.4, -0.2) is 122 Å². The van der Waals surface area contributed by atoms with E-state index in [1.807, 2.05) is 6.92 Å². The standard InChI is InChI=1S/C14H29NO5S.C13H27NO3.CH3ClO2S/c1-5-15(6-2)11-8-9-13(14(16)19-7-3)10-12-20-21(4,17)18;1-4-14(5-2)10-7-8-12(9-11-15)13(16)17-6-3;1-5(2,3)4/h13H,5-12H2,1-4H3;12,15H,4-11H2,1-3H3;1H3/t13-;12-;/m11./s1. The Kier molecular flexibility index (Phi) is 30.7. The van der Waals surface area contributed by atoms with Crippen molar-refractivity contribution >= 4 is 41.8 Å². The van der Waals surface area contributed by atoms with Crippen molar-refractivity contribution < 1.29 is 45.2 Å². The summed E-state index contributed by atoms with van der Waals surface area (Å²) >= 11 is 0. The second-order valence-corrected chi connectivity index (χ2v) is 14.4. The summed E-state index contributed by atoms with van der Waals surface area (Å²) in [7, 11) is -2.15. The Hall–Kier alpha value is -1.03. The van der Waals surface area contributed by atoms with Crippen molar-refractivity contribution in [1.82, 2.24) is 9.80 Å². The molecule has 0 aromatic carbocycles. The Bertz CT molecular complexity index is 889. The number of hydrogen-bond acceptors (Lipinski definition) is 12. The second-order valence-electron chi connectivity index (χ2n) is 9.74. The van der Waals surface area contributed by atoms with Gasteiger partial charge in [-0.25, -0.2) is 8.42 Å². The summed E-state index contributed by atoms with van der Waals surface area (Å²) in [5.41, 5.74) is 0. The number of halogens is 1. The fourth-order valence-electron chi connectivity index (χ4n) is 3.98. The van der Waals surface area contributed by atoms with Gasteiger partial charge in [-0.05, 0) is 91.6 Å². The van der Waals surface area contributed by atoms with E-state index < -0.39 is 19.2 Å². The summed E-state index contributed by atoms with van der Waals surface area (Å²) in [5.74, 6) is -0.881. The molecule has 0 aliphatic heterocycles. The van der Waals surface area contributed by atoms with E-state index in [1.165, 1.54) is 0 Å². The third kappa shape index (κ3) is 33.7. The highest BCUT2D eigenvalue weighted by atomic mass is 35.7. The molecule has 0 unspecified atom stereocenters. The highest BCUT2D eigenvalue weighted by Gasteiger charge is 2.21.